The number of fused-ring (bicyclic) bond motifs is 1. The number of alkyl halides is 1. The lowest BCUT2D eigenvalue weighted by Crippen LogP contribution is -2.33. The highest BCUT2D eigenvalue weighted by atomic mass is 32.1. The molecule has 0 saturated carbocycles. The van der Waals surface area contributed by atoms with E-state index >= 15 is 0 Å². The van der Waals surface area contributed by atoms with Crippen molar-refractivity contribution in [2.24, 2.45) is 5.92 Å². The molecule has 1 aliphatic rings. The molecular formula is C13H17FN2S. The average molecular weight is 252 g/mol. The molecule has 4 heteroatoms. The van der Waals surface area contributed by atoms with Crippen LogP contribution in [0.5, 0.6) is 0 Å². The van der Waals surface area contributed by atoms with Crippen LogP contribution in [0.1, 0.15) is 55.8 Å². The van der Waals surface area contributed by atoms with Gasteiger partial charge in [0.1, 0.15) is 17.2 Å². The third-order valence-electron chi connectivity index (χ3n) is 4.12. The Hall–Kier alpha value is -1.08. The Kier molecular flexibility index (Phi) is 2.90. The number of nitrogens with zero attached hydrogens (tertiary/aromatic N) is 1. The predicted molar refractivity (Wildman–Crippen MR) is 68.7 cm³/mol. The first kappa shape index (κ1) is 12.4. The summed E-state index contributed by atoms with van der Waals surface area (Å²) in [6, 6.07) is 2.15. The fourth-order valence-corrected chi connectivity index (χ4v) is 3.80. The highest BCUT2D eigenvalue weighted by molar-refractivity contribution is 7.16. The van der Waals surface area contributed by atoms with Crippen LogP contribution in [0.2, 0.25) is 0 Å². The zero-order valence-corrected chi connectivity index (χ0v) is 11.2. The van der Waals surface area contributed by atoms with Crippen molar-refractivity contribution in [3.63, 3.8) is 0 Å². The normalized spacial score (nSPS) is 27.9. The number of halogens is 1. The smallest absolute Gasteiger partial charge is 0.135 e. The summed E-state index contributed by atoms with van der Waals surface area (Å²) in [6.07, 6.45) is 0.363. The van der Waals surface area contributed by atoms with Crippen LogP contribution in [0.4, 0.5) is 9.39 Å². The van der Waals surface area contributed by atoms with Gasteiger partial charge in [0.25, 0.3) is 0 Å². The molecule has 0 amide bonds. The Morgan fingerprint density at radius 3 is 2.76 bits per heavy atom. The molecule has 2 unspecified atom stereocenters. The fraction of sp³-hybridized carbons (Fsp3) is 0.615. The van der Waals surface area contributed by atoms with E-state index in [9.17, 15) is 9.65 Å². The van der Waals surface area contributed by atoms with E-state index in [4.69, 9.17) is 5.73 Å². The number of anilines is 1. The summed E-state index contributed by atoms with van der Waals surface area (Å²) < 4.78 is 14.0. The number of nitrogens with two attached hydrogens (primary N) is 1. The molecule has 0 aliphatic heterocycles. The summed E-state index contributed by atoms with van der Waals surface area (Å²) in [5.74, 6) is 0.370. The van der Waals surface area contributed by atoms with Crippen molar-refractivity contribution in [3.8, 4) is 6.07 Å². The van der Waals surface area contributed by atoms with Crippen LogP contribution < -0.4 is 5.73 Å². The minimum absolute atomic E-state index is 0.128. The molecule has 2 atom stereocenters. The summed E-state index contributed by atoms with van der Waals surface area (Å²) in [7, 11) is 0. The first-order chi connectivity index (χ1) is 7.91. The van der Waals surface area contributed by atoms with E-state index in [0.29, 0.717) is 27.8 Å². The standard InChI is InChI=1S/C13H17FN2S/c1-7(2)13(3)5-4-9(14)11-10(13)8(6-15)12(16)17-11/h7,9H,4-5,16H2,1-3H3. The number of hydrogen-bond donors (Lipinski definition) is 1. The molecule has 1 aromatic rings. The van der Waals surface area contributed by atoms with Gasteiger partial charge in [-0.1, -0.05) is 20.8 Å². The molecule has 0 saturated heterocycles. The van der Waals surface area contributed by atoms with E-state index in [1.165, 1.54) is 11.3 Å². The Morgan fingerprint density at radius 2 is 2.24 bits per heavy atom. The van der Waals surface area contributed by atoms with Gasteiger partial charge in [-0.3, -0.25) is 0 Å². The Bertz CT molecular complexity index is 486. The number of thiophene rings is 1. The van der Waals surface area contributed by atoms with Crippen molar-refractivity contribution in [2.75, 3.05) is 5.73 Å². The van der Waals surface area contributed by atoms with Crippen LogP contribution in [0, 0.1) is 17.2 Å². The molecule has 17 heavy (non-hydrogen) atoms. The molecule has 2 rings (SSSR count). The van der Waals surface area contributed by atoms with Gasteiger partial charge in [-0.05, 0) is 29.7 Å². The zero-order chi connectivity index (χ0) is 12.8. The van der Waals surface area contributed by atoms with Crippen molar-refractivity contribution in [3.05, 3.63) is 16.0 Å². The third-order valence-corrected chi connectivity index (χ3v) is 5.23. The van der Waals surface area contributed by atoms with Gasteiger partial charge in [0.05, 0.1) is 5.56 Å². The molecule has 0 fully saturated rings. The van der Waals surface area contributed by atoms with Crippen LogP contribution >= 0.6 is 11.3 Å². The van der Waals surface area contributed by atoms with E-state index in [1.807, 2.05) is 0 Å². The highest BCUT2D eigenvalue weighted by Gasteiger charge is 2.42. The Balaban J connectivity index is 2.70. The van der Waals surface area contributed by atoms with Crippen molar-refractivity contribution in [1.29, 1.82) is 5.26 Å². The van der Waals surface area contributed by atoms with Crippen LogP contribution in [-0.2, 0) is 5.41 Å². The number of hydrogen-bond acceptors (Lipinski definition) is 3. The van der Waals surface area contributed by atoms with Gasteiger partial charge in [-0.25, -0.2) is 4.39 Å². The van der Waals surface area contributed by atoms with Gasteiger partial charge >= 0.3 is 0 Å². The quantitative estimate of drug-likeness (QED) is 0.823. The lowest BCUT2D eigenvalue weighted by molar-refractivity contribution is 0.217. The summed E-state index contributed by atoms with van der Waals surface area (Å²) in [4.78, 5) is 0.682. The first-order valence-electron chi connectivity index (χ1n) is 5.88. The van der Waals surface area contributed by atoms with Crippen molar-refractivity contribution in [2.45, 2.75) is 45.2 Å². The second-order valence-electron chi connectivity index (χ2n) is 5.27. The average Bonchev–Trinajstić information content (AvgIpc) is 2.62. The second-order valence-corrected chi connectivity index (χ2v) is 6.35. The topological polar surface area (TPSA) is 49.8 Å². The largest absolute Gasteiger partial charge is 0.389 e. The minimum atomic E-state index is -0.953. The highest BCUT2D eigenvalue weighted by Crippen LogP contribution is 2.53. The van der Waals surface area contributed by atoms with E-state index < -0.39 is 6.17 Å². The zero-order valence-electron chi connectivity index (χ0n) is 10.4. The number of nitriles is 1. The number of rotatable bonds is 1. The van der Waals surface area contributed by atoms with E-state index in [-0.39, 0.29) is 5.41 Å². The minimum Gasteiger partial charge on any atom is -0.389 e. The molecule has 0 radical (unpaired) electrons. The van der Waals surface area contributed by atoms with E-state index in [2.05, 4.69) is 26.8 Å². The second kappa shape index (κ2) is 3.99. The third kappa shape index (κ3) is 1.64. The molecule has 0 aromatic carbocycles. The first-order valence-corrected chi connectivity index (χ1v) is 6.70. The lowest BCUT2D eigenvalue weighted by atomic mass is 9.66. The molecule has 0 spiro atoms. The van der Waals surface area contributed by atoms with Crippen LogP contribution in [0.25, 0.3) is 0 Å². The van der Waals surface area contributed by atoms with E-state index in [0.717, 1.165) is 12.0 Å². The predicted octanol–water partition coefficient (Wildman–Crippen LogP) is 3.92. The fourth-order valence-electron chi connectivity index (χ4n) is 2.63. The Labute approximate surface area is 105 Å². The van der Waals surface area contributed by atoms with Gasteiger partial charge in [-0.15, -0.1) is 11.3 Å². The Morgan fingerprint density at radius 1 is 1.59 bits per heavy atom. The molecule has 0 bridgehead atoms. The van der Waals surface area contributed by atoms with Gasteiger partial charge in [0.2, 0.25) is 0 Å². The summed E-state index contributed by atoms with van der Waals surface area (Å²) in [6.45, 7) is 6.37. The SMILES string of the molecule is CC(C)C1(C)CCC(F)c2sc(N)c(C#N)c21. The van der Waals surface area contributed by atoms with Crippen molar-refractivity contribution >= 4 is 16.3 Å². The lowest BCUT2D eigenvalue weighted by Gasteiger charge is -2.39. The van der Waals surface area contributed by atoms with Gasteiger partial charge in [-0.2, -0.15) is 5.26 Å². The molecule has 1 aliphatic carbocycles. The van der Waals surface area contributed by atoms with Gasteiger partial charge in [0, 0.05) is 4.88 Å². The maximum absolute atomic E-state index is 14.0. The van der Waals surface area contributed by atoms with Crippen molar-refractivity contribution in [1.82, 2.24) is 0 Å². The summed E-state index contributed by atoms with van der Waals surface area (Å²) in [5.41, 5.74) is 7.09. The number of nitrogen functional groups attached to an aromatic ring is 1. The molecular weight excluding hydrogens is 235 g/mol. The van der Waals surface area contributed by atoms with E-state index in [1.54, 1.807) is 0 Å². The van der Waals surface area contributed by atoms with Crippen LogP contribution in [0.3, 0.4) is 0 Å². The molecule has 2 nitrogen and oxygen atoms in total. The molecule has 2 N–H and O–H groups in total. The molecule has 1 aromatic heterocycles. The monoisotopic (exact) mass is 252 g/mol. The van der Waals surface area contributed by atoms with Gasteiger partial charge in [0.15, 0.2) is 0 Å². The molecule has 1 heterocycles. The van der Waals surface area contributed by atoms with Gasteiger partial charge < -0.3 is 5.73 Å². The maximum atomic E-state index is 14.0. The molecule has 92 valence electrons. The summed E-state index contributed by atoms with van der Waals surface area (Å²) in [5, 5.41) is 9.68. The van der Waals surface area contributed by atoms with Crippen molar-refractivity contribution < 1.29 is 4.39 Å². The van der Waals surface area contributed by atoms with Crippen LogP contribution in [0.15, 0.2) is 0 Å². The maximum Gasteiger partial charge on any atom is 0.135 e. The summed E-state index contributed by atoms with van der Waals surface area (Å²) >= 11 is 1.25. The van der Waals surface area contributed by atoms with Crippen LogP contribution in [-0.4, -0.2) is 0 Å².